The molecule has 0 saturated heterocycles. The molecule has 0 bridgehead atoms. The first-order valence-corrected chi connectivity index (χ1v) is 7.47. The Hall–Kier alpha value is -1.59. The number of carbonyl (C=O) groups is 1. The van der Waals surface area contributed by atoms with Gasteiger partial charge in [0.15, 0.2) is 5.96 Å². The molecule has 0 spiro atoms. The van der Waals surface area contributed by atoms with Crippen LogP contribution in [-0.4, -0.2) is 61.7 Å². The Bertz CT molecular complexity index is 540. The summed E-state index contributed by atoms with van der Waals surface area (Å²) in [5, 5.41) is 5.22. The molecule has 1 aromatic heterocycles. The minimum absolute atomic E-state index is 0. The SMILES string of the molecule is CN=C(NCCC(F)(F)F)NCC(=O)N(C)CCc1ccccn1.I. The number of hydrogen-bond donors (Lipinski definition) is 2. The predicted molar refractivity (Wildman–Crippen MR) is 101 cm³/mol. The molecule has 0 aliphatic carbocycles. The third-order valence-corrected chi connectivity index (χ3v) is 3.19. The number of halogens is 4. The molecule has 0 aliphatic heterocycles. The van der Waals surface area contributed by atoms with Crippen LogP contribution in [0.3, 0.4) is 0 Å². The van der Waals surface area contributed by atoms with Crippen LogP contribution in [0.15, 0.2) is 29.4 Å². The highest BCUT2D eigenvalue weighted by Crippen LogP contribution is 2.17. The van der Waals surface area contributed by atoms with Gasteiger partial charge in [-0.05, 0) is 12.1 Å². The summed E-state index contributed by atoms with van der Waals surface area (Å²) in [6, 6.07) is 5.57. The molecule has 0 aliphatic rings. The summed E-state index contributed by atoms with van der Waals surface area (Å²) in [6.07, 6.45) is -2.88. The number of carbonyl (C=O) groups excluding carboxylic acids is 1. The molecule has 1 aromatic rings. The lowest BCUT2D eigenvalue weighted by Gasteiger charge is -2.18. The molecule has 0 aromatic carbocycles. The molecule has 6 nitrogen and oxygen atoms in total. The smallest absolute Gasteiger partial charge is 0.356 e. The highest BCUT2D eigenvalue weighted by molar-refractivity contribution is 14.0. The number of alkyl halides is 3. The number of hydrogen-bond acceptors (Lipinski definition) is 3. The molecule has 10 heteroatoms. The highest BCUT2D eigenvalue weighted by atomic mass is 127. The Balaban J connectivity index is 0.00000576. The van der Waals surface area contributed by atoms with Crippen LogP contribution in [0.2, 0.25) is 0 Å². The maximum atomic E-state index is 12.1. The van der Waals surface area contributed by atoms with Crippen LogP contribution in [0.4, 0.5) is 13.2 Å². The van der Waals surface area contributed by atoms with E-state index in [0.717, 1.165) is 5.69 Å². The van der Waals surface area contributed by atoms with Crippen molar-refractivity contribution in [3.05, 3.63) is 30.1 Å². The fraction of sp³-hybridized carbons (Fsp3) is 0.533. The second kappa shape index (κ2) is 11.9. The van der Waals surface area contributed by atoms with Crippen molar-refractivity contribution in [3.63, 3.8) is 0 Å². The van der Waals surface area contributed by atoms with E-state index in [0.29, 0.717) is 13.0 Å². The van der Waals surface area contributed by atoms with Crippen LogP contribution < -0.4 is 10.6 Å². The fourth-order valence-electron chi connectivity index (χ4n) is 1.79. The zero-order chi connectivity index (χ0) is 18.0. The first-order chi connectivity index (χ1) is 11.3. The van der Waals surface area contributed by atoms with Crippen molar-refractivity contribution in [2.75, 3.05) is 33.7 Å². The Labute approximate surface area is 162 Å². The summed E-state index contributed by atoms with van der Waals surface area (Å²) >= 11 is 0. The van der Waals surface area contributed by atoms with Gasteiger partial charge in [0.2, 0.25) is 5.91 Å². The molecule has 0 fully saturated rings. The maximum absolute atomic E-state index is 12.1. The van der Waals surface area contributed by atoms with Crippen LogP contribution in [0.5, 0.6) is 0 Å². The summed E-state index contributed by atoms with van der Waals surface area (Å²) in [7, 11) is 3.09. The second-order valence-corrected chi connectivity index (χ2v) is 5.10. The highest BCUT2D eigenvalue weighted by Gasteiger charge is 2.26. The number of aromatic nitrogens is 1. The van der Waals surface area contributed by atoms with Gasteiger partial charge in [0.25, 0.3) is 0 Å². The predicted octanol–water partition coefficient (Wildman–Crippen LogP) is 1.82. The number of guanidine groups is 1. The van der Waals surface area contributed by atoms with Crippen molar-refractivity contribution in [1.82, 2.24) is 20.5 Å². The molecule has 2 N–H and O–H groups in total. The van der Waals surface area contributed by atoms with E-state index in [1.165, 1.54) is 11.9 Å². The lowest BCUT2D eigenvalue weighted by atomic mass is 10.2. The summed E-state index contributed by atoms with van der Waals surface area (Å²) in [5.74, 6) is -0.0320. The molecule has 142 valence electrons. The van der Waals surface area contributed by atoms with E-state index in [4.69, 9.17) is 0 Å². The van der Waals surface area contributed by atoms with Crippen LogP contribution in [-0.2, 0) is 11.2 Å². The minimum Gasteiger partial charge on any atom is -0.356 e. The largest absolute Gasteiger partial charge is 0.390 e. The number of nitrogens with one attached hydrogen (secondary N) is 2. The first-order valence-electron chi connectivity index (χ1n) is 7.47. The average molecular weight is 473 g/mol. The van der Waals surface area contributed by atoms with Crippen molar-refractivity contribution in [3.8, 4) is 0 Å². The molecule has 1 rings (SSSR count). The molecule has 0 radical (unpaired) electrons. The van der Waals surface area contributed by atoms with Crippen LogP contribution in [0.25, 0.3) is 0 Å². The second-order valence-electron chi connectivity index (χ2n) is 5.10. The van der Waals surface area contributed by atoms with Gasteiger partial charge in [-0.15, -0.1) is 24.0 Å². The number of likely N-dealkylation sites (N-methyl/N-ethyl adjacent to an activating group) is 1. The summed E-state index contributed by atoms with van der Waals surface area (Å²) in [4.78, 5) is 21.5. The lowest BCUT2D eigenvalue weighted by molar-refractivity contribution is -0.133. The van der Waals surface area contributed by atoms with E-state index in [-0.39, 0.29) is 48.9 Å². The summed E-state index contributed by atoms with van der Waals surface area (Å²) in [6.45, 7) is 0.148. The zero-order valence-electron chi connectivity index (χ0n) is 14.1. The third-order valence-electron chi connectivity index (χ3n) is 3.19. The van der Waals surface area contributed by atoms with Crippen LogP contribution in [0, 0.1) is 0 Å². The van der Waals surface area contributed by atoms with Gasteiger partial charge in [0.1, 0.15) is 0 Å². The summed E-state index contributed by atoms with van der Waals surface area (Å²) in [5.41, 5.74) is 0.884. The van der Waals surface area contributed by atoms with Gasteiger partial charge in [-0.3, -0.25) is 14.8 Å². The van der Waals surface area contributed by atoms with E-state index in [1.54, 1.807) is 13.2 Å². The Morgan fingerprint density at radius 2 is 2.04 bits per heavy atom. The fourth-order valence-corrected chi connectivity index (χ4v) is 1.79. The van der Waals surface area contributed by atoms with Crippen molar-refractivity contribution in [1.29, 1.82) is 0 Å². The molecular formula is C15H23F3IN5O. The van der Waals surface area contributed by atoms with Crippen molar-refractivity contribution >= 4 is 35.8 Å². The molecule has 0 atom stereocenters. The van der Waals surface area contributed by atoms with Crippen LogP contribution >= 0.6 is 24.0 Å². The van der Waals surface area contributed by atoms with E-state index in [2.05, 4.69) is 20.6 Å². The van der Waals surface area contributed by atoms with Gasteiger partial charge in [-0.25, -0.2) is 0 Å². The number of amides is 1. The molecule has 1 amide bonds. The molecule has 0 unspecified atom stereocenters. The van der Waals surface area contributed by atoms with Gasteiger partial charge in [0.05, 0.1) is 13.0 Å². The van der Waals surface area contributed by atoms with Crippen LogP contribution in [0.1, 0.15) is 12.1 Å². The average Bonchev–Trinajstić information content (AvgIpc) is 2.55. The van der Waals surface area contributed by atoms with Crippen molar-refractivity contribution in [2.45, 2.75) is 19.0 Å². The first kappa shape index (κ1) is 23.4. The van der Waals surface area contributed by atoms with E-state index < -0.39 is 12.6 Å². The topological polar surface area (TPSA) is 69.6 Å². The van der Waals surface area contributed by atoms with Gasteiger partial charge in [-0.1, -0.05) is 6.07 Å². The van der Waals surface area contributed by atoms with E-state index in [1.807, 2.05) is 18.2 Å². The normalized spacial score (nSPS) is 11.5. The maximum Gasteiger partial charge on any atom is 0.390 e. The monoisotopic (exact) mass is 473 g/mol. The quantitative estimate of drug-likeness (QED) is 0.360. The number of aliphatic imine (C=N–C) groups is 1. The molecule has 1 heterocycles. The minimum atomic E-state index is -4.23. The third kappa shape index (κ3) is 10.8. The van der Waals surface area contributed by atoms with E-state index in [9.17, 15) is 18.0 Å². The number of pyridine rings is 1. The van der Waals surface area contributed by atoms with Crippen molar-refractivity contribution < 1.29 is 18.0 Å². The standard InChI is InChI=1S/C15H22F3N5O.HI/c1-19-14(21-9-7-15(16,17)18)22-11-13(24)23(2)10-6-12-5-3-4-8-20-12;/h3-5,8H,6-7,9-11H2,1-2H3,(H2,19,21,22);1H. The number of rotatable bonds is 7. The Morgan fingerprint density at radius 3 is 2.60 bits per heavy atom. The van der Waals surface area contributed by atoms with E-state index >= 15 is 0 Å². The summed E-state index contributed by atoms with van der Waals surface area (Å²) < 4.78 is 36.3. The number of nitrogens with zero attached hydrogens (tertiary/aromatic N) is 3. The molecule has 25 heavy (non-hydrogen) atoms. The van der Waals surface area contributed by atoms with Gasteiger partial charge < -0.3 is 15.5 Å². The van der Waals surface area contributed by atoms with Gasteiger partial charge in [-0.2, -0.15) is 13.2 Å². The Kier molecular flexibility index (Phi) is 11.1. The Morgan fingerprint density at radius 1 is 1.32 bits per heavy atom. The zero-order valence-corrected chi connectivity index (χ0v) is 16.5. The molecule has 0 saturated carbocycles. The molecular weight excluding hydrogens is 450 g/mol. The van der Waals surface area contributed by atoms with Crippen molar-refractivity contribution in [2.24, 2.45) is 4.99 Å². The lowest BCUT2D eigenvalue weighted by Crippen LogP contribution is -2.44. The van der Waals surface area contributed by atoms with Gasteiger partial charge in [0, 0.05) is 45.5 Å². The van der Waals surface area contributed by atoms with Gasteiger partial charge >= 0.3 is 6.18 Å².